The standard InChI is InChI=1S/C23H20N2O5S/c26-21(24-8-7-16-3-1-2-4-17(16)13-24)14-25-22(27)20(31-23(25)28)12-15-5-6-18-19(11-15)30-10-9-29-18/h1-6,11-12H,7-10,13-14H2. The zero-order chi connectivity index (χ0) is 21.4. The second-order valence-corrected chi connectivity index (χ2v) is 8.50. The molecular formula is C23H20N2O5S. The molecule has 0 bridgehead atoms. The Balaban J connectivity index is 1.28. The number of hydrogen-bond acceptors (Lipinski definition) is 6. The second kappa shape index (κ2) is 8.11. The summed E-state index contributed by atoms with van der Waals surface area (Å²) in [7, 11) is 0. The minimum absolute atomic E-state index is 0.225. The molecule has 1 saturated heterocycles. The van der Waals surface area contributed by atoms with Gasteiger partial charge in [0.25, 0.3) is 11.1 Å². The molecular weight excluding hydrogens is 416 g/mol. The fraction of sp³-hybridized carbons (Fsp3) is 0.261. The van der Waals surface area contributed by atoms with Gasteiger partial charge in [0.05, 0.1) is 4.91 Å². The molecule has 0 radical (unpaired) electrons. The van der Waals surface area contributed by atoms with Crippen molar-refractivity contribution in [1.82, 2.24) is 9.80 Å². The number of ether oxygens (including phenoxy) is 2. The molecule has 0 aliphatic carbocycles. The molecule has 0 N–H and O–H groups in total. The zero-order valence-electron chi connectivity index (χ0n) is 16.7. The number of carbonyl (C=O) groups is 3. The molecule has 0 spiro atoms. The van der Waals surface area contributed by atoms with Crippen LogP contribution in [0.4, 0.5) is 4.79 Å². The van der Waals surface area contributed by atoms with Crippen molar-refractivity contribution in [2.24, 2.45) is 0 Å². The number of hydrogen-bond donors (Lipinski definition) is 0. The maximum Gasteiger partial charge on any atom is 0.294 e. The van der Waals surface area contributed by atoms with Crippen LogP contribution >= 0.6 is 11.8 Å². The minimum atomic E-state index is -0.448. The summed E-state index contributed by atoms with van der Waals surface area (Å²) in [6.07, 6.45) is 2.42. The van der Waals surface area contributed by atoms with E-state index in [-0.39, 0.29) is 12.5 Å². The van der Waals surface area contributed by atoms with Gasteiger partial charge in [-0.1, -0.05) is 30.3 Å². The number of benzene rings is 2. The predicted molar refractivity (Wildman–Crippen MR) is 116 cm³/mol. The third-order valence-corrected chi connectivity index (χ3v) is 6.42. The largest absolute Gasteiger partial charge is 0.486 e. The molecule has 8 heteroatoms. The van der Waals surface area contributed by atoms with Crippen LogP contribution in [0.25, 0.3) is 6.08 Å². The molecule has 0 atom stereocenters. The number of imide groups is 1. The fourth-order valence-corrected chi connectivity index (χ4v) is 4.72. The molecule has 0 unspecified atom stereocenters. The quantitative estimate of drug-likeness (QED) is 0.689. The van der Waals surface area contributed by atoms with Crippen molar-refractivity contribution in [3.05, 3.63) is 64.1 Å². The highest BCUT2D eigenvalue weighted by molar-refractivity contribution is 8.18. The number of rotatable bonds is 3. The molecule has 158 valence electrons. The summed E-state index contributed by atoms with van der Waals surface area (Å²) >= 11 is 0.847. The number of fused-ring (bicyclic) bond motifs is 2. The van der Waals surface area contributed by atoms with E-state index in [4.69, 9.17) is 9.47 Å². The molecule has 3 amide bonds. The summed E-state index contributed by atoms with van der Waals surface area (Å²) < 4.78 is 11.1. The van der Waals surface area contributed by atoms with E-state index >= 15 is 0 Å². The summed E-state index contributed by atoms with van der Waals surface area (Å²) in [5, 5.41) is -0.431. The molecule has 31 heavy (non-hydrogen) atoms. The molecule has 0 saturated carbocycles. The van der Waals surface area contributed by atoms with Gasteiger partial charge in [0, 0.05) is 13.1 Å². The minimum Gasteiger partial charge on any atom is -0.486 e. The van der Waals surface area contributed by atoms with Crippen molar-refractivity contribution in [2.45, 2.75) is 13.0 Å². The van der Waals surface area contributed by atoms with Gasteiger partial charge in [-0.15, -0.1) is 0 Å². The number of thioether (sulfide) groups is 1. The molecule has 2 aromatic rings. The van der Waals surface area contributed by atoms with Crippen molar-refractivity contribution in [2.75, 3.05) is 26.3 Å². The van der Waals surface area contributed by atoms with Crippen molar-refractivity contribution in [3.63, 3.8) is 0 Å². The molecule has 1 fully saturated rings. The van der Waals surface area contributed by atoms with E-state index in [9.17, 15) is 14.4 Å². The number of carbonyl (C=O) groups excluding carboxylic acids is 3. The number of amides is 3. The topological polar surface area (TPSA) is 76.1 Å². The monoisotopic (exact) mass is 436 g/mol. The van der Waals surface area contributed by atoms with Gasteiger partial charge in [-0.3, -0.25) is 19.3 Å². The van der Waals surface area contributed by atoms with Gasteiger partial charge in [0.1, 0.15) is 19.8 Å². The van der Waals surface area contributed by atoms with Crippen LogP contribution in [0.2, 0.25) is 0 Å². The molecule has 3 heterocycles. The number of nitrogens with zero attached hydrogens (tertiary/aromatic N) is 2. The van der Waals surface area contributed by atoms with E-state index < -0.39 is 11.1 Å². The van der Waals surface area contributed by atoms with Crippen LogP contribution < -0.4 is 9.47 Å². The fourth-order valence-electron chi connectivity index (χ4n) is 3.88. The average molecular weight is 436 g/mol. The van der Waals surface area contributed by atoms with E-state index in [1.54, 1.807) is 29.2 Å². The van der Waals surface area contributed by atoms with Crippen LogP contribution in [0.5, 0.6) is 11.5 Å². The van der Waals surface area contributed by atoms with Crippen LogP contribution in [-0.2, 0) is 22.6 Å². The van der Waals surface area contributed by atoms with Gasteiger partial charge in [0.15, 0.2) is 11.5 Å². The molecule has 3 aliphatic rings. The summed E-state index contributed by atoms with van der Waals surface area (Å²) in [5.41, 5.74) is 3.07. The highest BCUT2D eigenvalue weighted by Gasteiger charge is 2.37. The van der Waals surface area contributed by atoms with E-state index in [2.05, 4.69) is 6.07 Å². The van der Waals surface area contributed by atoms with Gasteiger partial charge >= 0.3 is 0 Å². The van der Waals surface area contributed by atoms with Crippen LogP contribution in [-0.4, -0.2) is 53.2 Å². The third-order valence-electron chi connectivity index (χ3n) is 5.51. The maximum atomic E-state index is 12.8. The summed E-state index contributed by atoms with van der Waals surface area (Å²) in [5.74, 6) is 0.595. The lowest BCUT2D eigenvalue weighted by Crippen LogP contribution is -2.44. The van der Waals surface area contributed by atoms with E-state index in [0.717, 1.165) is 34.2 Å². The summed E-state index contributed by atoms with van der Waals surface area (Å²) in [6, 6.07) is 13.4. The Hall–Kier alpha value is -3.26. The van der Waals surface area contributed by atoms with Crippen LogP contribution in [0.3, 0.4) is 0 Å². The Morgan fingerprint density at radius 2 is 1.81 bits per heavy atom. The first kappa shape index (κ1) is 19.7. The third kappa shape index (κ3) is 3.90. The molecule has 7 nitrogen and oxygen atoms in total. The smallest absolute Gasteiger partial charge is 0.294 e. The van der Waals surface area contributed by atoms with Crippen molar-refractivity contribution < 1.29 is 23.9 Å². The second-order valence-electron chi connectivity index (χ2n) is 7.50. The maximum absolute atomic E-state index is 12.8. The summed E-state index contributed by atoms with van der Waals surface area (Å²) in [4.78, 5) is 41.1. The summed E-state index contributed by atoms with van der Waals surface area (Å²) in [6.45, 7) is 1.81. The molecule has 3 aliphatic heterocycles. The molecule has 5 rings (SSSR count). The first-order chi connectivity index (χ1) is 15.1. The lowest BCUT2D eigenvalue weighted by Gasteiger charge is -2.29. The van der Waals surface area contributed by atoms with E-state index in [1.807, 2.05) is 18.2 Å². The molecule has 0 aromatic heterocycles. The zero-order valence-corrected chi connectivity index (χ0v) is 17.5. The Morgan fingerprint density at radius 3 is 2.65 bits per heavy atom. The lowest BCUT2D eigenvalue weighted by molar-refractivity contribution is -0.136. The van der Waals surface area contributed by atoms with Crippen LogP contribution in [0.15, 0.2) is 47.4 Å². The highest BCUT2D eigenvalue weighted by atomic mass is 32.2. The van der Waals surface area contributed by atoms with Gasteiger partial charge in [-0.25, -0.2) is 0 Å². The first-order valence-corrected chi connectivity index (χ1v) is 10.9. The van der Waals surface area contributed by atoms with Gasteiger partial charge in [-0.2, -0.15) is 0 Å². The molecule has 2 aromatic carbocycles. The van der Waals surface area contributed by atoms with Gasteiger partial charge in [-0.05, 0) is 53.1 Å². The van der Waals surface area contributed by atoms with Crippen LogP contribution in [0.1, 0.15) is 16.7 Å². The Kier molecular flexibility index (Phi) is 5.15. The lowest BCUT2D eigenvalue weighted by atomic mass is 10.00. The first-order valence-electron chi connectivity index (χ1n) is 10.1. The van der Waals surface area contributed by atoms with Gasteiger partial charge in [0.2, 0.25) is 5.91 Å². The average Bonchev–Trinajstić information content (AvgIpc) is 3.06. The van der Waals surface area contributed by atoms with Gasteiger partial charge < -0.3 is 14.4 Å². The SMILES string of the molecule is O=C(CN1C(=O)SC(=Cc2ccc3c(c2)OCCO3)C1=O)N1CCc2ccccc2C1. The van der Waals surface area contributed by atoms with Crippen LogP contribution in [0, 0.1) is 0 Å². The predicted octanol–water partition coefficient (Wildman–Crippen LogP) is 3.08. The Morgan fingerprint density at radius 1 is 1.03 bits per heavy atom. The van der Waals surface area contributed by atoms with Crippen molar-refractivity contribution in [1.29, 1.82) is 0 Å². The van der Waals surface area contributed by atoms with E-state index in [0.29, 0.717) is 42.7 Å². The Bertz CT molecular complexity index is 1110. The van der Waals surface area contributed by atoms with E-state index in [1.165, 1.54) is 5.56 Å². The van der Waals surface area contributed by atoms with Crippen molar-refractivity contribution >= 4 is 34.9 Å². The Labute approximate surface area is 183 Å². The van der Waals surface area contributed by atoms with Crippen molar-refractivity contribution in [3.8, 4) is 11.5 Å². The normalized spacial score (nSPS) is 19.0. The highest BCUT2D eigenvalue weighted by Crippen LogP contribution is 2.35.